The first-order chi connectivity index (χ1) is 11.9. The van der Waals surface area contributed by atoms with Gasteiger partial charge in [-0.2, -0.15) is 13.2 Å². The van der Waals surface area contributed by atoms with E-state index in [-0.39, 0.29) is 5.91 Å². The fraction of sp³-hybridized carbons (Fsp3) is 0.167. The molecule has 0 fully saturated rings. The van der Waals surface area contributed by atoms with Gasteiger partial charge in [-0.05, 0) is 55.5 Å². The molecule has 2 aromatic carbocycles. The van der Waals surface area contributed by atoms with Crippen LogP contribution in [0.15, 0.2) is 48.5 Å². The van der Waals surface area contributed by atoms with Crippen molar-refractivity contribution in [3.63, 3.8) is 0 Å². The molecule has 0 radical (unpaired) electrons. The molecule has 25 heavy (non-hydrogen) atoms. The molecule has 7 heteroatoms. The molecule has 4 nitrogen and oxygen atoms in total. The average molecular weight is 348 g/mol. The lowest BCUT2D eigenvalue weighted by Crippen LogP contribution is -2.11. The zero-order chi connectivity index (χ0) is 18.0. The summed E-state index contributed by atoms with van der Waals surface area (Å²) in [5, 5.41) is 3.05. The van der Waals surface area contributed by atoms with Gasteiger partial charge in [-0.3, -0.25) is 4.79 Å². The smallest absolute Gasteiger partial charge is 0.431 e. The molecule has 0 saturated heterocycles. The van der Waals surface area contributed by atoms with Crippen molar-refractivity contribution in [3.8, 4) is 5.75 Å². The van der Waals surface area contributed by atoms with E-state index < -0.39 is 11.9 Å². The molecule has 1 aromatic heterocycles. The second-order valence-electron chi connectivity index (χ2n) is 5.39. The van der Waals surface area contributed by atoms with Crippen molar-refractivity contribution in [2.75, 3.05) is 11.9 Å². The second-order valence-corrected chi connectivity index (χ2v) is 5.39. The Labute approximate surface area is 141 Å². The molecule has 130 valence electrons. The predicted molar refractivity (Wildman–Crippen MR) is 88.9 cm³/mol. The highest BCUT2D eigenvalue weighted by atomic mass is 19.4. The first-order valence-electron chi connectivity index (χ1n) is 7.61. The number of fused-ring (bicyclic) bond motifs is 1. The fourth-order valence-electron chi connectivity index (χ4n) is 2.44. The maximum Gasteiger partial charge on any atom is 0.431 e. The molecular weight excluding hydrogens is 333 g/mol. The second kappa shape index (κ2) is 6.51. The van der Waals surface area contributed by atoms with Gasteiger partial charge in [0.15, 0.2) is 0 Å². The maximum absolute atomic E-state index is 12.7. The Bertz CT molecular complexity index is 899. The molecule has 0 aliphatic heterocycles. The summed E-state index contributed by atoms with van der Waals surface area (Å²) in [6, 6.07) is 12.2. The van der Waals surface area contributed by atoms with Gasteiger partial charge < -0.3 is 15.0 Å². The van der Waals surface area contributed by atoms with E-state index in [9.17, 15) is 18.0 Å². The van der Waals surface area contributed by atoms with Crippen LogP contribution in [0.4, 0.5) is 18.9 Å². The number of aromatic nitrogens is 1. The van der Waals surface area contributed by atoms with Crippen molar-refractivity contribution in [1.82, 2.24) is 4.98 Å². The molecular formula is C18H15F3N2O2. The number of benzene rings is 2. The van der Waals surface area contributed by atoms with E-state index in [1.165, 1.54) is 12.1 Å². The number of hydrogen-bond donors (Lipinski definition) is 2. The number of aromatic amines is 1. The summed E-state index contributed by atoms with van der Waals surface area (Å²) < 4.78 is 43.5. The van der Waals surface area contributed by atoms with Gasteiger partial charge >= 0.3 is 6.18 Å². The normalized spacial score (nSPS) is 11.5. The largest absolute Gasteiger partial charge is 0.494 e. The van der Waals surface area contributed by atoms with E-state index in [1.807, 2.05) is 6.92 Å². The third-order valence-electron chi connectivity index (χ3n) is 3.61. The number of anilines is 1. The van der Waals surface area contributed by atoms with E-state index >= 15 is 0 Å². The monoisotopic (exact) mass is 348 g/mol. The summed E-state index contributed by atoms with van der Waals surface area (Å²) in [4.78, 5) is 14.6. The standard InChI is InChI=1S/C18H15F3N2O2/c1-2-25-14-6-3-11(4-7-14)17(24)22-13-5-8-15-12(9-13)10-16(23-15)18(19,20)21/h3-10,23H,2H2,1H3,(H,22,24). The van der Waals surface area contributed by atoms with Gasteiger partial charge in [0, 0.05) is 22.2 Å². The zero-order valence-corrected chi connectivity index (χ0v) is 13.3. The summed E-state index contributed by atoms with van der Waals surface area (Å²) >= 11 is 0. The number of carbonyl (C=O) groups excluding carboxylic acids is 1. The van der Waals surface area contributed by atoms with E-state index in [0.717, 1.165) is 6.07 Å². The summed E-state index contributed by atoms with van der Waals surface area (Å²) in [6.45, 7) is 2.39. The number of amides is 1. The van der Waals surface area contributed by atoms with E-state index in [4.69, 9.17) is 4.74 Å². The molecule has 1 heterocycles. The van der Waals surface area contributed by atoms with Crippen LogP contribution >= 0.6 is 0 Å². The summed E-state index contributed by atoms with van der Waals surface area (Å²) in [5.41, 5.74) is 0.372. The number of H-pyrrole nitrogens is 1. The van der Waals surface area contributed by atoms with Crippen molar-refractivity contribution in [2.24, 2.45) is 0 Å². The molecule has 3 aromatic rings. The van der Waals surface area contributed by atoms with Crippen LogP contribution < -0.4 is 10.1 Å². The van der Waals surface area contributed by atoms with Crippen molar-refractivity contribution in [2.45, 2.75) is 13.1 Å². The molecule has 0 aliphatic rings. The van der Waals surface area contributed by atoms with Crippen LogP contribution in [0, 0.1) is 0 Å². The van der Waals surface area contributed by atoms with Crippen LogP contribution in [0.3, 0.4) is 0 Å². The van der Waals surface area contributed by atoms with Gasteiger partial charge in [-0.1, -0.05) is 0 Å². The first kappa shape index (κ1) is 16.9. The Morgan fingerprint density at radius 1 is 1.12 bits per heavy atom. The predicted octanol–water partition coefficient (Wildman–Crippen LogP) is 4.84. The number of halogens is 3. The molecule has 0 unspecified atom stereocenters. The van der Waals surface area contributed by atoms with Crippen LogP contribution in [-0.2, 0) is 6.18 Å². The van der Waals surface area contributed by atoms with Gasteiger partial charge in [-0.15, -0.1) is 0 Å². The Hall–Kier alpha value is -2.96. The zero-order valence-electron chi connectivity index (χ0n) is 13.3. The molecule has 3 rings (SSSR count). The van der Waals surface area contributed by atoms with Crippen LogP contribution in [0.25, 0.3) is 10.9 Å². The van der Waals surface area contributed by atoms with Crippen LogP contribution in [-0.4, -0.2) is 17.5 Å². The minimum Gasteiger partial charge on any atom is -0.494 e. The highest BCUT2D eigenvalue weighted by molar-refractivity contribution is 6.05. The lowest BCUT2D eigenvalue weighted by molar-refractivity contribution is -0.140. The number of nitrogens with one attached hydrogen (secondary N) is 2. The van der Waals surface area contributed by atoms with Crippen molar-refractivity contribution >= 4 is 22.5 Å². The third-order valence-corrected chi connectivity index (χ3v) is 3.61. The Kier molecular flexibility index (Phi) is 4.39. The molecule has 0 saturated carbocycles. The topological polar surface area (TPSA) is 54.1 Å². The Balaban J connectivity index is 1.78. The number of hydrogen-bond acceptors (Lipinski definition) is 2. The average Bonchev–Trinajstić information content (AvgIpc) is 2.99. The molecule has 0 atom stereocenters. The lowest BCUT2D eigenvalue weighted by atomic mass is 10.2. The summed E-state index contributed by atoms with van der Waals surface area (Å²) in [5.74, 6) is 0.307. The molecule has 0 bridgehead atoms. The molecule has 0 spiro atoms. The fourth-order valence-corrected chi connectivity index (χ4v) is 2.44. The van der Waals surface area contributed by atoms with Gasteiger partial charge in [-0.25, -0.2) is 0 Å². The van der Waals surface area contributed by atoms with E-state index in [0.29, 0.717) is 34.5 Å². The molecule has 1 amide bonds. The Morgan fingerprint density at radius 2 is 1.84 bits per heavy atom. The van der Waals surface area contributed by atoms with Crippen LogP contribution in [0.1, 0.15) is 23.0 Å². The maximum atomic E-state index is 12.7. The van der Waals surface area contributed by atoms with Gasteiger partial charge in [0.1, 0.15) is 11.4 Å². The van der Waals surface area contributed by atoms with Crippen molar-refractivity contribution < 1.29 is 22.7 Å². The minimum atomic E-state index is -4.44. The Morgan fingerprint density at radius 3 is 2.48 bits per heavy atom. The van der Waals surface area contributed by atoms with Gasteiger partial charge in [0.25, 0.3) is 5.91 Å². The van der Waals surface area contributed by atoms with Gasteiger partial charge in [0.05, 0.1) is 6.61 Å². The first-order valence-corrected chi connectivity index (χ1v) is 7.61. The van der Waals surface area contributed by atoms with E-state index in [2.05, 4.69) is 10.3 Å². The highest BCUT2D eigenvalue weighted by Gasteiger charge is 2.32. The quantitative estimate of drug-likeness (QED) is 0.709. The minimum absolute atomic E-state index is 0.353. The third kappa shape index (κ3) is 3.76. The van der Waals surface area contributed by atoms with Crippen LogP contribution in [0.2, 0.25) is 0 Å². The van der Waals surface area contributed by atoms with E-state index in [1.54, 1.807) is 30.3 Å². The highest BCUT2D eigenvalue weighted by Crippen LogP contribution is 2.32. The lowest BCUT2D eigenvalue weighted by Gasteiger charge is -2.07. The van der Waals surface area contributed by atoms with Crippen LogP contribution in [0.5, 0.6) is 5.75 Å². The number of ether oxygens (including phenoxy) is 1. The number of rotatable bonds is 4. The van der Waals surface area contributed by atoms with Gasteiger partial charge in [0.2, 0.25) is 0 Å². The SMILES string of the molecule is CCOc1ccc(C(=O)Nc2ccc3[nH]c(C(F)(F)F)cc3c2)cc1. The molecule has 2 N–H and O–H groups in total. The van der Waals surface area contributed by atoms with Crippen molar-refractivity contribution in [3.05, 3.63) is 59.8 Å². The molecule has 0 aliphatic carbocycles. The summed E-state index contributed by atoms with van der Waals surface area (Å²) in [7, 11) is 0. The number of carbonyl (C=O) groups is 1. The number of alkyl halides is 3. The summed E-state index contributed by atoms with van der Waals surface area (Å²) in [6.07, 6.45) is -4.44. The van der Waals surface area contributed by atoms with Crippen molar-refractivity contribution in [1.29, 1.82) is 0 Å².